The number of ether oxygens (including phenoxy) is 1. The van der Waals surface area contributed by atoms with Crippen LogP contribution in [-0.2, 0) is 11.3 Å². The van der Waals surface area contributed by atoms with E-state index in [2.05, 4.69) is 10.3 Å². The van der Waals surface area contributed by atoms with E-state index in [-0.39, 0.29) is 11.7 Å². The zero-order valence-corrected chi connectivity index (χ0v) is 10.4. The molecule has 1 saturated heterocycles. The van der Waals surface area contributed by atoms with Crippen molar-refractivity contribution in [2.45, 2.75) is 6.54 Å². The molecule has 1 aromatic heterocycles. The van der Waals surface area contributed by atoms with Crippen LogP contribution < -0.4 is 5.32 Å². The Morgan fingerprint density at radius 2 is 2.16 bits per heavy atom. The van der Waals surface area contributed by atoms with Gasteiger partial charge in [0.15, 0.2) is 5.69 Å². The molecule has 2 N–H and O–H groups in total. The van der Waals surface area contributed by atoms with Gasteiger partial charge < -0.3 is 24.6 Å². The Kier molecular flexibility index (Phi) is 4.35. The first kappa shape index (κ1) is 13.3. The number of hydrogen-bond acceptors (Lipinski definition) is 4. The van der Waals surface area contributed by atoms with E-state index in [0.717, 1.165) is 0 Å². The summed E-state index contributed by atoms with van der Waals surface area (Å²) in [7, 11) is 0. The van der Waals surface area contributed by atoms with Crippen molar-refractivity contribution in [3.63, 3.8) is 0 Å². The number of carboxylic acids is 1. The van der Waals surface area contributed by atoms with E-state index in [1.54, 1.807) is 9.47 Å². The van der Waals surface area contributed by atoms with Crippen molar-refractivity contribution in [1.29, 1.82) is 0 Å². The van der Waals surface area contributed by atoms with E-state index in [1.165, 1.54) is 12.5 Å². The molecule has 8 nitrogen and oxygen atoms in total. The van der Waals surface area contributed by atoms with Gasteiger partial charge in [0.2, 0.25) is 0 Å². The number of imidazole rings is 1. The van der Waals surface area contributed by atoms with Crippen molar-refractivity contribution in [2.75, 3.05) is 32.8 Å². The summed E-state index contributed by atoms with van der Waals surface area (Å²) in [6, 6.07) is -0.123. The van der Waals surface area contributed by atoms with Gasteiger partial charge in [-0.15, -0.1) is 0 Å². The van der Waals surface area contributed by atoms with Gasteiger partial charge in [-0.3, -0.25) is 0 Å². The molecular weight excluding hydrogens is 252 g/mol. The van der Waals surface area contributed by atoms with E-state index in [9.17, 15) is 9.59 Å². The molecule has 1 aliphatic heterocycles. The van der Waals surface area contributed by atoms with Gasteiger partial charge >= 0.3 is 12.0 Å². The topological polar surface area (TPSA) is 96.7 Å². The van der Waals surface area contributed by atoms with Crippen molar-refractivity contribution < 1.29 is 19.4 Å². The number of hydrogen-bond donors (Lipinski definition) is 2. The SMILES string of the molecule is O=C(O)c1cn(CCNC(=O)N2CCOCC2)cn1. The third kappa shape index (κ3) is 3.68. The predicted molar refractivity (Wildman–Crippen MR) is 65.0 cm³/mol. The fraction of sp³-hybridized carbons (Fsp3) is 0.545. The lowest BCUT2D eigenvalue weighted by molar-refractivity contribution is 0.0532. The largest absolute Gasteiger partial charge is 0.476 e. The second-order valence-corrected chi connectivity index (χ2v) is 4.13. The molecule has 104 valence electrons. The highest BCUT2D eigenvalue weighted by Gasteiger charge is 2.15. The fourth-order valence-corrected chi connectivity index (χ4v) is 1.76. The van der Waals surface area contributed by atoms with Crippen LogP contribution in [-0.4, -0.2) is 64.4 Å². The van der Waals surface area contributed by atoms with Crippen LogP contribution in [0, 0.1) is 0 Å². The van der Waals surface area contributed by atoms with E-state index < -0.39 is 5.97 Å². The number of carbonyl (C=O) groups is 2. The molecule has 0 atom stereocenters. The number of carbonyl (C=O) groups excluding carboxylic acids is 1. The molecule has 0 aromatic carbocycles. The number of amides is 2. The number of nitrogens with zero attached hydrogens (tertiary/aromatic N) is 3. The molecular formula is C11H16N4O4. The van der Waals surface area contributed by atoms with Gasteiger partial charge in [-0.2, -0.15) is 0 Å². The number of aromatic nitrogens is 2. The molecule has 0 saturated carbocycles. The number of rotatable bonds is 4. The van der Waals surface area contributed by atoms with Crippen LogP contribution in [0.3, 0.4) is 0 Å². The molecule has 0 aliphatic carbocycles. The predicted octanol–water partition coefficient (Wildman–Crippen LogP) is -0.377. The van der Waals surface area contributed by atoms with E-state index in [1.807, 2.05) is 0 Å². The standard InChI is InChI=1S/C11H16N4O4/c16-10(17)9-7-14(8-13-9)2-1-12-11(18)15-3-5-19-6-4-15/h7-8H,1-6H2,(H,12,18)(H,16,17). The highest BCUT2D eigenvalue weighted by Crippen LogP contribution is 1.98. The third-order valence-corrected chi connectivity index (χ3v) is 2.80. The summed E-state index contributed by atoms with van der Waals surface area (Å²) in [6.07, 6.45) is 2.87. The maximum atomic E-state index is 11.7. The summed E-state index contributed by atoms with van der Waals surface area (Å²) in [5.74, 6) is -1.06. The van der Waals surface area contributed by atoms with Crippen molar-refractivity contribution >= 4 is 12.0 Å². The summed E-state index contributed by atoms with van der Waals surface area (Å²) < 4.78 is 6.79. The second-order valence-electron chi connectivity index (χ2n) is 4.13. The number of carboxylic acid groups (broad SMARTS) is 1. The minimum Gasteiger partial charge on any atom is -0.476 e. The summed E-state index contributed by atoms with van der Waals surface area (Å²) in [6.45, 7) is 3.23. The molecule has 1 aliphatic rings. The quantitative estimate of drug-likeness (QED) is 0.776. The van der Waals surface area contributed by atoms with Crippen LogP contribution in [0.15, 0.2) is 12.5 Å². The van der Waals surface area contributed by atoms with E-state index in [0.29, 0.717) is 39.4 Å². The van der Waals surface area contributed by atoms with Gasteiger partial charge in [-0.1, -0.05) is 0 Å². The lowest BCUT2D eigenvalue weighted by Gasteiger charge is -2.26. The normalized spacial score (nSPS) is 15.3. The van der Waals surface area contributed by atoms with Crippen molar-refractivity contribution in [3.8, 4) is 0 Å². The van der Waals surface area contributed by atoms with Gasteiger partial charge in [0.05, 0.1) is 19.5 Å². The van der Waals surface area contributed by atoms with Crippen LogP contribution >= 0.6 is 0 Å². The molecule has 0 bridgehead atoms. The number of urea groups is 1. The van der Waals surface area contributed by atoms with E-state index >= 15 is 0 Å². The molecule has 0 spiro atoms. The van der Waals surface area contributed by atoms with Gasteiger partial charge in [0, 0.05) is 32.4 Å². The Bertz CT molecular complexity index is 453. The van der Waals surface area contributed by atoms with Gasteiger partial charge in [0.1, 0.15) is 0 Å². The molecule has 2 rings (SSSR count). The smallest absolute Gasteiger partial charge is 0.356 e. The van der Waals surface area contributed by atoms with Crippen molar-refractivity contribution in [1.82, 2.24) is 19.8 Å². The summed E-state index contributed by atoms with van der Waals surface area (Å²) in [5.41, 5.74) is -0.000458. The zero-order valence-electron chi connectivity index (χ0n) is 10.4. The van der Waals surface area contributed by atoms with Gasteiger partial charge in [-0.05, 0) is 0 Å². The highest BCUT2D eigenvalue weighted by atomic mass is 16.5. The monoisotopic (exact) mass is 268 g/mol. The fourth-order valence-electron chi connectivity index (χ4n) is 1.76. The van der Waals surface area contributed by atoms with Crippen LogP contribution in [0.5, 0.6) is 0 Å². The second kappa shape index (κ2) is 6.19. The highest BCUT2D eigenvalue weighted by molar-refractivity contribution is 5.84. The Hall–Kier alpha value is -2.09. The van der Waals surface area contributed by atoms with Gasteiger partial charge in [-0.25, -0.2) is 14.6 Å². The number of nitrogens with one attached hydrogen (secondary N) is 1. The summed E-state index contributed by atoms with van der Waals surface area (Å²) in [5, 5.41) is 11.5. The van der Waals surface area contributed by atoms with Gasteiger partial charge in [0.25, 0.3) is 0 Å². The average molecular weight is 268 g/mol. The van der Waals surface area contributed by atoms with Crippen LogP contribution in [0.4, 0.5) is 4.79 Å². The van der Waals surface area contributed by atoms with Crippen LogP contribution in [0.25, 0.3) is 0 Å². The molecule has 1 aromatic rings. The molecule has 2 heterocycles. The minimum absolute atomic E-state index is 0.000458. The minimum atomic E-state index is -1.06. The number of aromatic carboxylic acids is 1. The molecule has 1 fully saturated rings. The average Bonchev–Trinajstić information content (AvgIpc) is 2.89. The van der Waals surface area contributed by atoms with Crippen molar-refractivity contribution in [2.24, 2.45) is 0 Å². The Labute approximate surface area is 110 Å². The Balaban J connectivity index is 1.73. The lowest BCUT2D eigenvalue weighted by atomic mass is 10.4. The summed E-state index contributed by atoms with van der Waals surface area (Å²) >= 11 is 0. The van der Waals surface area contributed by atoms with E-state index in [4.69, 9.17) is 9.84 Å². The van der Waals surface area contributed by atoms with Crippen LogP contribution in [0.2, 0.25) is 0 Å². The zero-order chi connectivity index (χ0) is 13.7. The van der Waals surface area contributed by atoms with Crippen molar-refractivity contribution in [3.05, 3.63) is 18.2 Å². The lowest BCUT2D eigenvalue weighted by Crippen LogP contribution is -2.46. The first-order valence-corrected chi connectivity index (χ1v) is 6.02. The Morgan fingerprint density at radius 1 is 1.42 bits per heavy atom. The first-order valence-electron chi connectivity index (χ1n) is 6.02. The van der Waals surface area contributed by atoms with Crippen LogP contribution in [0.1, 0.15) is 10.5 Å². The summed E-state index contributed by atoms with van der Waals surface area (Å²) in [4.78, 5) is 27.8. The molecule has 8 heteroatoms. The first-order chi connectivity index (χ1) is 9.16. The molecule has 0 radical (unpaired) electrons. The molecule has 2 amide bonds. The molecule has 19 heavy (non-hydrogen) atoms. The Morgan fingerprint density at radius 3 is 2.79 bits per heavy atom. The maximum absolute atomic E-state index is 11.7. The number of morpholine rings is 1. The third-order valence-electron chi connectivity index (χ3n) is 2.80. The molecule has 0 unspecified atom stereocenters. The maximum Gasteiger partial charge on any atom is 0.356 e.